The fraction of sp³-hybridized carbons (Fsp3) is 0.444. The van der Waals surface area contributed by atoms with Gasteiger partial charge in [0.05, 0.1) is 13.2 Å². The molecule has 0 saturated heterocycles. The summed E-state index contributed by atoms with van der Waals surface area (Å²) in [6.45, 7) is 3.38. The third-order valence-corrected chi connectivity index (χ3v) is 3.38. The Bertz CT molecular complexity index is 526. The number of esters is 1. The van der Waals surface area contributed by atoms with Gasteiger partial charge in [-0.1, -0.05) is 50.5 Å². The van der Waals surface area contributed by atoms with Crippen molar-refractivity contribution in [3.8, 4) is 0 Å². The second-order valence-electron chi connectivity index (χ2n) is 5.44. The molecule has 0 bridgehead atoms. The van der Waals surface area contributed by atoms with Crippen molar-refractivity contribution in [1.82, 2.24) is 10.8 Å². The number of hydrogen-bond acceptors (Lipinski definition) is 5. The van der Waals surface area contributed by atoms with Crippen molar-refractivity contribution in [1.29, 1.82) is 0 Å². The van der Waals surface area contributed by atoms with Gasteiger partial charge in [0.15, 0.2) is 0 Å². The molecule has 0 atom stereocenters. The fourth-order valence-corrected chi connectivity index (χ4v) is 2.03. The highest BCUT2D eigenvalue weighted by molar-refractivity contribution is 5.90. The average molecular weight is 334 g/mol. The van der Waals surface area contributed by atoms with E-state index in [-0.39, 0.29) is 12.5 Å². The Hall–Kier alpha value is -2.18. The second-order valence-corrected chi connectivity index (χ2v) is 5.44. The fourth-order valence-electron chi connectivity index (χ4n) is 2.03. The van der Waals surface area contributed by atoms with Crippen LogP contribution in [0, 0.1) is 0 Å². The van der Waals surface area contributed by atoms with Crippen molar-refractivity contribution in [3.05, 3.63) is 41.5 Å². The molecular formula is C18H26N2O4. The molecule has 3 N–H and O–H groups in total. The third-order valence-electron chi connectivity index (χ3n) is 3.38. The van der Waals surface area contributed by atoms with Crippen molar-refractivity contribution in [2.75, 3.05) is 13.2 Å². The first-order chi connectivity index (χ1) is 11.7. The van der Waals surface area contributed by atoms with Gasteiger partial charge in [0.1, 0.15) is 0 Å². The van der Waals surface area contributed by atoms with E-state index in [4.69, 9.17) is 9.94 Å². The molecule has 1 amide bonds. The molecule has 0 fully saturated rings. The number of carbonyl (C=O) groups is 2. The van der Waals surface area contributed by atoms with Gasteiger partial charge in [-0.25, -0.2) is 5.48 Å². The Kier molecular flexibility index (Phi) is 10.2. The van der Waals surface area contributed by atoms with E-state index in [1.165, 1.54) is 24.4 Å². The van der Waals surface area contributed by atoms with Crippen LogP contribution in [0.15, 0.2) is 30.3 Å². The van der Waals surface area contributed by atoms with Gasteiger partial charge in [0.25, 0.3) is 5.91 Å². The van der Waals surface area contributed by atoms with Crippen LogP contribution in [0.25, 0.3) is 6.08 Å². The standard InChI is InChI=1S/C18H26N2O4/c1-2-3-4-5-12-24-18(22)14-19-13-16-8-6-15(7-9-16)10-11-17(21)20-23/h6-11,19,23H,2-5,12-14H2,1H3,(H,20,21)/b11-10+. The number of carbonyl (C=O) groups excluding carboxylic acids is 2. The Morgan fingerprint density at radius 1 is 1.17 bits per heavy atom. The molecule has 24 heavy (non-hydrogen) atoms. The number of rotatable bonds is 11. The summed E-state index contributed by atoms with van der Waals surface area (Å²) < 4.78 is 5.14. The van der Waals surface area contributed by atoms with Gasteiger partial charge >= 0.3 is 5.97 Å². The number of unbranched alkanes of at least 4 members (excludes halogenated alkanes) is 3. The SMILES string of the molecule is CCCCCCOC(=O)CNCc1ccc(/C=C/C(=O)NO)cc1. The van der Waals surface area contributed by atoms with Gasteiger partial charge in [-0.2, -0.15) is 0 Å². The average Bonchev–Trinajstić information content (AvgIpc) is 2.60. The van der Waals surface area contributed by atoms with Crippen molar-refractivity contribution in [3.63, 3.8) is 0 Å². The molecule has 1 aromatic carbocycles. The molecule has 0 radical (unpaired) electrons. The number of hydrogen-bond donors (Lipinski definition) is 3. The summed E-state index contributed by atoms with van der Waals surface area (Å²) in [5.74, 6) is -0.810. The zero-order valence-electron chi connectivity index (χ0n) is 14.1. The minimum Gasteiger partial charge on any atom is -0.465 e. The topological polar surface area (TPSA) is 87.7 Å². The lowest BCUT2D eigenvalue weighted by molar-refractivity contribution is -0.142. The van der Waals surface area contributed by atoms with Gasteiger partial charge in [-0.15, -0.1) is 0 Å². The molecule has 0 unspecified atom stereocenters. The van der Waals surface area contributed by atoms with Crippen LogP contribution in [-0.4, -0.2) is 30.2 Å². The molecule has 0 heterocycles. The quantitative estimate of drug-likeness (QED) is 0.190. The van der Waals surface area contributed by atoms with E-state index in [0.717, 1.165) is 24.0 Å². The van der Waals surface area contributed by atoms with Gasteiger partial charge in [0, 0.05) is 12.6 Å². The summed E-state index contributed by atoms with van der Waals surface area (Å²) in [6.07, 6.45) is 7.19. The lowest BCUT2D eigenvalue weighted by Gasteiger charge is -2.06. The highest BCUT2D eigenvalue weighted by Gasteiger charge is 2.02. The van der Waals surface area contributed by atoms with Crippen LogP contribution in [0.2, 0.25) is 0 Å². The van der Waals surface area contributed by atoms with Gasteiger partial charge in [-0.3, -0.25) is 14.8 Å². The van der Waals surface area contributed by atoms with Gasteiger partial charge < -0.3 is 10.1 Å². The number of amides is 1. The van der Waals surface area contributed by atoms with E-state index >= 15 is 0 Å². The Balaban J connectivity index is 2.22. The summed E-state index contributed by atoms with van der Waals surface area (Å²) in [7, 11) is 0. The lowest BCUT2D eigenvalue weighted by Crippen LogP contribution is -2.24. The number of ether oxygens (including phenoxy) is 1. The Morgan fingerprint density at radius 2 is 1.92 bits per heavy atom. The van der Waals surface area contributed by atoms with Gasteiger partial charge in [-0.05, 0) is 23.6 Å². The molecule has 6 nitrogen and oxygen atoms in total. The molecule has 0 aliphatic carbocycles. The molecule has 1 rings (SSSR count). The maximum absolute atomic E-state index is 11.5. The summed E-state index contributed by atoms with van der Waals surface area (Å²) >= 11 is 0. The number of benzene rings is 1. The minimum absolute atomic E-state index is 0.187. The highest BCUT2D eigenvalue weighted by Crippen LogP contribution is 2.06. The van der Waals surface area contributed by atoms with E-state index < -0.39 is 5.91 Å². The normalized spacial score (nSPS) is 10.8. The predicted octanol–water partition coefficient (Wildman–Crippen LogP) is 2.42. The van der Waals surface area contributed by atoms with E-state index in [1.807, 2.05) is 24.3 Å². The van der Waals surface area contributed by atoms with Crippen LogP contribution in [0.5, 0.6) is 0 Å². The van der Waals surface area contributed by atoms with Crippen LogP contribution in [-0.2, 0) is 20.9 Å². The monoisotopic (exact) mass is 334 g/mol. The largest absolute Gasteiger partial charge is 0.465 e. The molecule has 1 aromatic rings. The smallest absolute Gasteiger partial charge is 0.319 e. The van der Waals surface area contributed by atoms with Crippen molar-refractivity contribution < 1.29 is 19.5 Å². The lowest BCUT2D eigenvalue weighted by atomic mass is 10.1. The van der Waals surface area contributed by atoms with E-state index in [9.17, 15) is 9.59 Å². The molecule has 0 saturated carbocycles. The van der Waals surface area contributed by atoms with Crippen LogP contribution in [0.3, 0.4) is 0 Å². The number of hydroxylamine groups is 1. The Labute approximate surface area is 142 Å². The maximum atomic E-state index is 11.5. The van der Waals surface area contributed by atoms with Crippen molar-refractivity contribution >= 4 is 18.0 Å². The zero-order chi connectivity index (χ0) is 17.6. The molecule has 0 aromatic heterocycles. The van der Waals surface area contributed by atoms with Crippen LogP contribution < -0.4 is 10.8 Å². The van der Waals surface area contributed by atoms with Crippen molar-refractivity contribution in [2.24, 2.45) is 0 Å². The van der Waals surface area contributed by atoms with Crippen molar-refractivity contribution in [2.45, 2.75) is 39.2 Å². The molecule has 132 valence electrons. The second kappa shape index (κ2) is 12.3. The first-order valence-electron chi connectivity index (χ1n) is 8.23. The van der Waals surface area contributed by atoms with Crippen LogP contribution >= 0.6 is 0 Å². The third kappa shape index (κ3) is 9.07. The van der Waals surface area contributed by atoms with Crippen LogP contribution in [0.4, 0.5) is 0 Å². The van der Waals surface area contributed by atoms with E-state index in [2.05, 4.69) is 12.2 Å². The molecular weight excluding hydrogens is 308 g/mol. The van der Waals surface area contributed by atoms with E-state index in [0.29, 0.717) is 13.2 Å². The first kappa shape index (κ1) is 19.9. The maximum Gasteiger partial charge on any atom is 0.319 e. The predicted molar refractivity (Wildman–Crippen MR) is 92.2 cm³/mol. The summed E-state index contributed by atoms with van der Waals surface area (Å²) in [4.78, 5) is 22.4. The highest BCUT2D eigenvalue weighted by atomic mass is 16.5. The molecule has 0 aliphatic rings. The number of nitrogens with one attached hydrogen (secondary N) is 2. The Morgan fingerprint density at radius 3 is 2.58 bits per heavy atom. The molecule has 6 heteroatoms. The summed E-state index contributed by atoms with van der Waals surface area (Å²) in [5.41, 5.74) is 3.39. The summed E-state index contributed by atoms with van der Waals surface area (Å²) in [5, 5.41) is 11.4. The minimum atomic E-state index is -0.575. The zero-order valence-corrected chi connectivity index (χ0v) is 14.1. The van der Waals surface area contributed by atoms with Gasteiger partial charge in [0.2, 0.25) is 0 Å². The molecule has 0 aliphatic heterocycles. The molecule has 0 spiro atoms. The van der Waals surface area contributed by atoms with E-state index in [1.54, 1.807) is 6.08 Å². The first-order valence-corrected chi connectivity index (χ1v) is 8.23. The van der Waals surface area contributed by atoms with Crippen LogP contribution in [0.1, 0.15) is 43.7 Å². The summed E-state index contributed by atoms with van der Waals surface area (Å²) in [6, 6.07) is 7.51.